The third-order valence-corrected chi connectivity index (χ3v) is 12.0. The zero-order chi connectivity index (χ0) is 36.5. The normalized spacial score (nSPS) is 14.0. The summed E-state index contributed by atoms with van der Waals surface area (Å²) in [5.74, 6) is 0.0317. The molecule has 16 heteroatoms. The van der Waals surface area contributed by atoms with Crippen molar-refractivity contribution in [3.8, 4) is 11.4 Å². The van der Waals surface area contributed by atoms with E-state index >= 15 is 0 Å². The van der Waals surface area contributed by atoms with Gasteiger partial charge in [-0.3, -0.25) is 18.7 Å². The maximum atomic E-state index is 11.7. The molecule has 8 rings (SSSR count). The summed E-state index contributed by atoms with van der Waals surface area (Å²) in [4.78, 5) is 22.7. The number of esters is 1. The van der Waals surface area contributed by atoms with Gasteiger partial charge in [-0.2, -0.15) is 0 Å². The molecule has 2 fully saturated rings. The maximum Gasteiger partial charge on any atom is 0.316 e. The number of carboxylic acid groups (broad SMARTS) is 1. The van der Waals surface area contributed by atoms with Crippen LogP contribution in [0, 0.1) is 0 Å². The van der Waals surface area contributed by atoms with Crippen LogP contribution in [0.25, 0.3) is 32.9 Å². The highest BCUT2D eigenvalue weighted by atomic mass is 79.9. The first-order valence-electron chi connectivity index (χ1n) is 16.4. The molecule has 0 unspecified atom stereocenters. The minimum absolute atomic E-state index is 0.0964. The summed E-state index contributed by atoms with van der Waals surface area (Å²) in [5.41, 5.74) is 4.16. The van der Waals surface area contributed by atoms with Crippen LogP contribution in [0.2, 0.25) is 10.0 Å². The van der Waals surface area contributed by atoms with Gasteiger partial charge in [-0.05, 0) is 110 Å². The smallest absolute Gasteiger partial charge is 0.316 e. The average molecular weight is 906 g/mol. The van der Waals surface area contributed by atoms with Gasteiger partial charge in [0.1, 0.15) is 0 Å². The van der Waals surface area contributed by atoms with Crippen molar-refractivity contribution in [3.05, 3.63) is 91.3 Å². The van der Waals surface area contributed by atoms with Crippen LogP contribution in [-0.2, 0) is 14.3 Å². The Balaban J connectivity index is 0.000000162. The van der Waals surface area contributed by atoms with Gasteiger partial charge < -0.3 is 9.84 Å². The first-order valence-corrected chi connectivity index (χ1v) is 20.7. The summed E-state index contributed by atoms with van der Waals surface area (Å²) >= 11 is 22.7. The van der Waals surface area contributed by atoms with Gasteiger partial charge in [0.25, 0.3) is 0 Å². The Morgan fingerprint density at radius 2 is 1.17 bits per heavy atom. The number of thioether (sulfide) groups is 2. The molecule has 2 saturated carbocycles. The molecule has 0 aliphatic heterocycles. The fourth-order valence-electron chi connectivity index (χ4n) is 6.14. The zero-order valence-electron chi connectivity index (χ0n) is 27.6. The predicted octanol–water partition coefficient (Wildman–Crippen LogP) is 10.3. The van der Waals surface area contributed by atoms with Gasteiger partial charge in [-0.15, -0.1) is 20.4 Å². The third-order valence-electron chi connectivity index (χ3n) is 8.62. The molecular formula is C36H30Br2Cl2N6O4S2. The lowest BCUT2D eigenvalue weighted by Gasteiger charge is -2.16. The minimum atomic E-state index is -0.907. The van der Waals surface area contributed by atoms with Crippen molar-refractivity contribution in [2.75, 3.05) is 18.1 Å². The molecule has 0 radical (unpaired) electrons. The molecule has 0 atom stereocenters. The summed E-state index contributed by atoms with van der Waals surface area (Å²) in [6, 6.07) is 20.4. The molecule has 2 aliphatic rings. The Morgan fingerprint density at radius 1 is 0.750 bits per heavy atom. The number of rotatable bonds is 11. The van der Waals surface area contributed by atoms with Crippen molar-refractivity contribution in [2.24, 2.45) is 0 Å². The van der Waals surface area contributed by atoms with E-state index in [1.54, 1.807) is 11.5 Å². The number of hydrogen-bond donors (Lipinski definition) is 1. The SMILES string of the molecule is CCOC(=O)CSc1nnc(Br)n1-c1c(Cl)cc(C2CC2)c2ccccc12.O=C(O)CSc1nnc(Br)n1-c1c(Cl)cc(C2CC2)c2ccccc12. The van der Waals surface area contributed by atoms with Crippen LogP contribution in [0.3, 0.4) is 0 Å². The molecule has 4 aromatic carbocycles. The lowest BCUT2D eigenvalue weighted by molar-refractivity contribution is -0.140. The largest absolute Gasteiger partial charge is 0.481 e. The topological polar surface area (TPSA) is 125 Å². The minimum Gasteiger partial charge on any atom is -0.481 e. The monoisotopic (exact) mass is 902 g/mol. The highest BCUT2D eigenvalue weighted by Crippen LogP contribution is 2.48. The number of ether oxygens (including phenoxy) is 1. The van der Waals surface area contributed by atoms with Crippen molar-refractivity contribution >= 4 is 112 Å². The van der Waals surface area contributed by atoms with Gasteiger partial charge in [-0.25, -0.2) is 0 Å². The lowest BCUT2D eigenvalue weighted by Crippen LogP contribution is -2.08. The number of hydrogen-bond acceptors (Lipinski definition) is 9. The Kier molecular flexibility index (Phi) is 11.5. The molecular weight excluding hydrogens is 875 g/mol. The van der Waals surface area contributed by atoms with Crippen LogP contribution in [0.1, 0.15) is 55.6 Å². The van der Waals surface area contributed by atoms with Gasteiger partial charge in [0.05, 0.1) is 39.5 Å². The number of aromatic nitrogens is 6. The summed E-state index contributed by atoms with van der Waals surface area (Å²) < 4.78 is 9.66. The van der Waals surface area contributed by atoms with E-state index in [0.717, 1.165) is 33.9 Å². The second-order valence-corrected chi connectivity index (χ2v) is 16.3. The quantitative estimate of drug-likeness (QED) is 0.0992. The van der Waals surface area contributed by atoms with Crippen LogP contribution < -0.4 is 0 Å². The standard InChI is InChI=1S/C19H17BrClN3O2S.C17H13BrClN3O2S/c1-2-26-16(25)10-27-19-23-22-18(20)24(19)17-13-6-4-3-5-12(13)14(9-15(17)21)11-7-8-11;18-16-20-21-17(25-8-14(23)24)22(16)15-11-4-2-1-3-10(11)12(7-13(15)19)9-5-6-9/h3-6,9,11H,2,7-8,10H2,1H3;1-4,7,9H,5-6,8H2,(H,23,24). The van der Waals surface area contributed by atoms with Gasteiger partial charge in [0.2, 0.25) is 9.47 Å². The number of carboxylic acids is 1. The van der Waals surface area contributed by atoms with Gasteiger partial charge in [0.15, 0.2) is 10.3 Å². The Labute approximate surface area is 334 Å². The van der Waals surface area contributed by atoms with E-state index in [1.807, 2.05) is 41.0 Å². The summed E-state index contributed by atoms with van der Waals surface area (Å²) in [6.07, 6.45) is 4.79. The molecule has 1 N–H and O–H groups in total. The number of carbonyl (C=O) groups is 2. The van der Waals surface area contributed by atoms with E-state index in [-0.39, 0.29) is 17.5 Å². The van der Waals surface area contributed by atoms with Crippen molar-refractivity contribution in [2.45, 2.75) is 54.8 Å². The molecule has 2 aliphatic carbocycles. The molecule has 2 heterocycles. The lowest BCUT2D eigenvalue weighted by atomic mass is 9.99. The van der Waals surface area contributed by atoms with E-state index in [9.17, 15) is 9.59 Å². The maximum absolute atomic E-state index is 11.7. The van der Waals surface area contributed by atoms with Gasteiger partial charge >= 0.3 is 11.9 Å². The second kappa shape index (κ2) is 16.1. The van der Waals surface area contributed by atoms with Crippen LogP contribution in [0.4, 0.5) is 0 Å². The summed E-state index contributed by atoms with van der Waals surface area (Å²) in [7, 11) is 0. The van der Waals surface area contributed by atoms with E-state index in [0.29, 0.717) is 48.3 Å². The first-order chi connectivity index (χ1) is 25.2. The van der Waals surface area contributed by atoms with Gasteiger partial charge in [-0.1, -0.05) is 95.3 Å². The van der Waals surface area contributed by atoms with Crippen LogP contribution in [-0.4, -0.2) is 64.7 Å². The fourth-order valence-corrected chi connectivity index (χ4v) is 9.23. The van der Waals surface area contributed by atoms with E-state index in [1.165, 1.54) is 59.3 Å². The zero-order valence-corrected chi connectivity index (χ0v) is 33.9. The van der Waals surface area contributed by atoms with Crippen LogP contribution in [0.15, 0.2) is 80.4 Å². The number of carbonyl (C=O) groups excluding carboxylic acids is 1. The molecule has 6 aromatic rings. The molecule has 0 spiro atoms. The molecule has 2 aromatic heterocycles. The predicted molar refractivity (Wildman–Crippen MR) is 213 cm³/mol. The number of halogens is 4. The van der Waals surface area contributed by atoms with E-state index < -0.39 is 5.97 Å². The highest BCUT2D eigenvalue weighted by molar-refractivity contribution is 9.10. The summed E-state index contributed by atoms with van der Waals surface area (Å²) in [6.45, 7) is 2.14. The van der Waals surface area contributed by atoms with E-state index in [4.69, 9.17) is 33.0 Å². The Hall–Kier alpha value is -3.14. The van der Waals surface area contributed by atoms with Crippen molar-refractivity contribution in [1.29, 1.82) is 0 Å². The molecule has 10 nitrogen and oxygen atoms in total. The molecule has 0 saturated heterocycles. The Bertz CT molecular complexity index is 2330. The number of fused-ring (bicyclic) bond motifs is 2. The van der Waals surface area contributed by atoms with Gasteiger partial charge in [0, 0.05) is 10.8 Å². The second-order valence-electron chi connectivity index (χ2n) is 12.2. The Morgan fingerprint density at radius 3 is 1.58 bits per heavy atom. The fraction of sp³-hybridized carbons (Fsp3) is 0.278. The average Bonchev–Trinajstić information content (AvgIpc) is 4.07. The van der Waals surface area contributed by atoms with E-state index in [2.05, 4.69) is 76.5 Å². The van der Waals surface area contributed by atoms with Crippen LogP contribution >= 0.6 is 78.6 Å². The summed E-state index contributed by atoms with van der Waals surface area (Å²) in [5, 5.41) is 32.2. The molecule has 0 bridgehead atoms. The highest BCUT2D eigenvalue weighted by Gasteiger charge is 2.29. The van der Waals surface area contributed by atoms with Crippen molar-refractivity contribution in [3.63, 3.8) is 0 Å². The molecule has 52 heavy (non-hydrogen) atoms. The molecule has 0 amide bonds. The number of nitrogens with zero attached hydrogens (tertiary/aromatic N) is 6. The number of aliphatic carboxylic acids is 1. The first kappa shape index (κ1) is 37.2. The molecule has 268 valence electrons. The van der Waals surface area contributed by atoms with Crippen molar-refractivity contribution in [1.82, 2.24) is 29.5 Å². The third kappa shape index (κ3) is 7.88. The number of benzene rings is 4. The van der Waals surface area contributed by atoms with Crippen LogP contribution in [0.5, 0.6) is 0 Å². The van der Waals surface area contributed by atoms with Crippen molar-refractivity contribution < 1.29 is 19.4 Å².